The van der Waals surface area contributed by atoms with Gasteiger partial charge in [-0.15, -0.1) is 0 Å². The van der Waals surface area contributed by atoms with E-state index in [9.17, 15) is 9.90 Å². The van der Waals surface area contributed by atoms with E-state index in [-0.39, 0.29) is 5.92 Å². The van der Waals surface area contributed by atoms with Gasteiger partial charge in [0.1, 0.15) is 0 Å². The molecule has 2 aromatic rings. The van der Waals surface area contributed by atoms with Gasteiger partial charge in [-0.25, -0.2) is 4.79 Å². The number of benzene rings is 2. The highest BCUT2D eigenvalue weighted by Crippen LogP contribution is 2.28. The molecule has 0 aliphatic rings. The summed E-state index contributed by atoms with van der Waals surface area (Å²) in [6.45, 7) is 5.82. The summed E-state index contributed by atoms with van der Waals surface area (Å²) in [7, 11) is 0. The number of carboxylic acids is 1. The van der Waals surface area contributed by atoms with Crippen LogP contribution in [0.15, 0.2) is 60.2 Å². The van der Waals surface area contributed by atoms with Crippen LogP contribution in [-0.4, -0.2) is 11.1 Å². The number of aliphatic carboxylic acids is 1. The topological polar surface area (TPSA) is 37.3 Å². The first-order valence-electron chi connectivity index (χ1n) is 7.58. The Morgan fingerprint density at radius 2 is 1.82 bits per heavy atom. The van der Waals surface area contributed by atoms with Gasteiger partial charge in [-0.1, -0.05) is 67.1 Å². The van der Waals surface area contributed by atoms with Crippen molar-refractivity contribution in [1.82, 2.24) is 0 Å². The van der Waals surface area contributed by atoms with E-state index in [0.717, 1.165) is 17.5 Å². The van der Waals surface area contributed by atoms with Crippen molar-refractivity contribution in [3.05, 3.63) is 82.4 Å². The lowest BCUT2D eigenvalue weighted by atomic mass is 9.88. The molecule has 0 saturated heterocycles. The Labute approximate surface area is 132 Å². The maximum Gasteiger partial charge on any atom is 0.330 e. The first kappa shape index (κ1) is 16.0. The highest BCUT2D eigenvalue weighted by molar-refractivity contribution is 5.86. The third kappa shape index (κ3) is 3.85. The van der Waals surface area contributed by atoms with Crippen LogP contribution in [0, 0.1) is 6.92 Å². The van der Waals surface area contributed by atoms with Crippen LogP contribution in [0.1, 0.15) is 42.0 Å². The minimum atomic E-state index is -0.872. The van der Waals surface area contributed by atoms with Gasteiger partial charge in [-0.3, -0.25) is 0 Å². The predicted molar refractivity (Wildman–Crippen MR) is 90.2 cm³/mol. The van der Waals surface area contributed by atoms with Gasteiger partial charge in [0.05, 0.1) is 0 Å². The van der Waals surface area contributed by atoms with Gasteiger partial charge < -0.3 is 5.11 Å². The molecule has 114 valence electrons. The van der Waals surface area contributed by atoms with Crippen molar-refractivity contribution in [2.75, 3.05) is 0 Å². The second-order valence-electron chi connectivity index (χ2n) is 5.64. The van der Waals surface area contributed by atoms with E-state index >= 15 is 0 Å². The van der Waals surface area contributed by atoms with Crippen molar-refractivity contribution in [1.29, 1.82) is 0 Å². The van der Waals surface area contributed by atoms with Gasteiger partial charge in [-0.05, 0) is 37.0 Å². The molecule has 0 aromatic heterocycles. The summed E-state index contributed by atoms with van der Waals surface area (Å²) in [6.07, 6.45) is 2.83. The van der Waals surface area contributed by atoms with Gasteiger partial charge in [0.15, 0.2) is 0 Å². The number of rotatable bonds is 5. The normalized spacial score (nSPS) is 13.0. The Morgan fingerprint density at radius 3 is 2.36 bits per heavy atom. The molecule has 1 atom stereocenters. The molecule has 0 saturated carbocycles. The fourth-order valence-electron chi connectivity index (χ4n) is 2.53. The van der Waals surface area contributed by atoms with Crippen LogP contribution in [0.3, 0.4) is 0 Å². The summed E-state index contributed by atoms with van der Waals surface area (Å²) in [4.78, 5) is 11.2. The van der Waals surface area contributed by atoms with E-state index in [2.05, 4.69) is 56.3 Å². The zero-order valence-electron chi connectivity index (χ0n) is 13.3. The number of carboxylic acid groups (broad SMARTS) is 1. The van der Waals surface area contributed by atoms with E-state index in [1.807, 2.05) is 12.1 Å². The molecule has 22 heavy (non-hydrogen) atoms. The summed E-state index contributed by atoms with van der Waals surface area (Å²) >= 11 is 0. The Bertz CT molecular complexity index is 681. The molecule has 0 aliphatic heterocycles. The summed E-state index contributed by atoms with van der Waals surface area (Å²) in [5.74, 6) is -0.912. The minimum Gasteiger partial charge on any atom is -0.478 e. The molecule has 0 radical (unpaired) electrons. The highest BCUT2D eigenvalue weighted by atomic mass is 16.4. The lowest BCUT2D eigenvalue weighted by Crippen LogP contribution is -2.03. The number of hydrogen-bond acceptors (Lipinski definition) is 1. The second-order valence-corrected chi connectivity index (χ2v) is 5.64. The Morgan fingerprint density at radius 1 is 1.14 bits per heavy atom. The van der Waals surface area contributed by atoms with E-state index in [0.29, 0.717) is 5.57 Å². The summed E-state index contributed by atoms with van der Waals surface area (Å²) < 4.78 is 0. The Kier molecular flexibility index (Phi) is 5.16. The minimum absolute atomic E-state index is 0.0399. The van der Waals surface area contributed by atoms with Crippen molar-refractivity contribution in [3.63, 3.8) is 0 Å². The van der Waals surface area contributed by atoms with Crippen molar-refractivity contribution in [2.45, 2.75) is 33.1 Å². The molecule has 0 fully saturated rings. The maximum atomic E-state index is 11.2. The standard InChI is InChI=1S/C20H22O2/c1-4-16-8-10-17(11-9-16)19(13-15(3)20(21)22)18-7-5-6-14(2)12-18/h5-13,19H,4H2,1-3H3,(H,21,22)/b15-13+. The van der Waals surface area contributed by atoms with E-state index in [1.165, 1.54) is 11.1 Å². The second kappa shape index (κ2) is 7.08. The third-order valence-corrected chi connectivity index (χ3v) is 3.90. The van der Waals surface area contributed by atoms with Gasteiger partial charge >= 0.3 is 5.97 Å². The van der Waals surface area contributed by atoms with Crippen molar-refractivity contribution < 1.29 is 9.90 Å². The molecule has 2 nitrogen and oxygen atoms in total. The average Bonchev–Trinajstić information content (AvgIpc) is 2.52. The SMILES string of the molecule is CCc1ccc(C(/C=C(\C)C(=O)O)c2cccc(C)c2)cc1. The molecular formula is C20H22O2. The lowest BCUT2D eigenvalue weighted by Gasteiger charge is -2.16. The molecule has 1 N–H and O–H groups in total. The van der Waals surface area contributed by atoms with Crippen LogP contribution in [0.4, 0.5) is 0 Å². The molecule has 0 aliphatic carbocycles. The van der Waals surface area contributed by atoms with Crippen LogP contribution in [0.25, 0.3) is 0 Å². The molecular weight excluding hydrogens is 272 g/mol. The zero-order valence-corrected chi connectivity index (χ0v) is 13.3. The van der Waals surface area contributed by atoms with Crippen molar-refractivity contribution in [2.24, 2.45) is 0 Å². The lowest BCUT2D eigenvalue weighted by molar-refractivity contribution is -0.132. The number of carbonyl (C=O) groups is 1. The number of hydrogen-bond donors (Lipinski definition) is 1. The van der Waals surface area contributed by atoms with E-state index in [4.69, 9.17) is 0 Å². The maximum absolute atomic E-state index is 11.2. The first-order chi connectivity index (χ1) is 10.5. The highest BCUT2D eigenvalue weighted by Gasteiger charge is 2.14. The van der Waals surface area contributed by atoms with Gasteiger partial charge in [-0.2, -0.15) is 0 Å². The predicted octanol–water partition coefficient (Wildman–Crippen LogP) is 4.72. The van der Waals surface area contributed by atoms with Crippen molar-refractivity contribution in [3.8, 4) is 0 Å². The van der Waals surface area contributed by atoms with Crippen LogP contribution in [0.5, 0.6) is 0 Å². The average molecular weight is 294 g/mol. The first-order valence-corrected chi connectivity index (χ1v) is 7.58. The summed E-state index contributed by atoms with van der Waals surface area (Å²) in [5, 5.41) is 9.19. The molecule has 0 amide bonds. The fourth-order valence-corrected chi connectivity index (χ4v) is 2.53. The summed E-state index contributed by atoms with van der Waals surface area (Å²) in [6, 6.07) is 16.6. The van der Waals surface area contributed by atoms with E-state index < -0.39 is 5.97 Å². The molecule has 0 spiro atoms. The molecule has 0 heterocycles. The Hall–Kier alpha value is -2.35. The van der Waals surface area contributed by atoms with Crippen LogP contribution in [0.2, 0.25) is 0 Å². The van der Waals surface area contributed by atoms with Crippen LogP contribution >= 0.6 is 0 Å². The van der Waals surface area contributed by atoms with Crippen LogP contribution < -0.4 is 0 Å². The third-order valence-electron chi connectivity index (χ3n) is 3.90. The number of aryl methyl sites for hydroxylation is 2. The van der Waals surface area contributed by atoms with Gasteiger partial charge in [0.25, 0.3) is 0 Å². The smallest absolute Gasteiger partial charge is 0.330 e. The van der Waals surface area contributed by atoms with Gasteiger partial charge in [0, 0.05) is 11.5 Å². The quantitative estimate of drug-likeness (QED) is 0.810. The largest absolute Gasteiger partial charge is 0.478 e. The molecule has 2 heteroatoms. The fraction of sp³-hybridized carbons (Fsp3) is 0.250. The number of allylic oxidation sites excluding steroid dienone is 1. The monoisotopic (exact) mass is 294 g/mol. The molecule has 2 aromatic carbocycles. The van der Waals surface area contributed by atoms with Crippen LogP contribution in [-0.2, 0) is 11.2 Å². The molecule has 2 rings (SSSR count). The molecule has 0 bridgehead atoms. The van der Waals surface area contributed by atoms with Crippen molar-refractivity contribution >= 4 is 5.97 Å². The van der Waals surface area contributed by atoms with Gasteiger partial charge in [0.2, 0.25) is 0 Å². The molecule has 1 unspecified atom stereocenters. The Balaban J connectivity index is 2.49. The van der Waals surface area contributed by atoms with E-state index in [1.54, 1.807) is 6.92 Å². The zero-order chi connectivity index (χ0) is 16.1. The summed E-state index contributed by atoms with van der Waals surface area (Å²) in [5.41, 5.74) is 5.05.